The highest BCUT2D eigenvalue weighted by molar-refractivity contribution is 5.97. The first kappa shape index (κ1) is 32.6. The summed E-state index contributed by atoms with van der Waals surface area (Å²) in [4.78, 5) is 26.3. The molecular weight excluding hydrogens is 482 g/mol. The monoisotopic (exact) mass is 527 g/mol. The van der Waals surface area contributed by atoms with Crippen molar-refractivity contribution in [3.05, 3.63) is 60.0 Å². The van der Waals surface area contributed by atoms with Gasteiger partial charge in [-0.25, -0.2) is 4.68 Å². The smallest absolute Gasteiger partial charge is 0.276 e. The van der Waals surface area contributed by atoms with Crippen LogP contribution in [-0.4, -0.2) is 85.8 Å². The van der Waals surface area contributed by atoms with Gasteiger partial charge in [0.1, 0.15) is 17.7 Å². The molecule has 0 bridgehead atoms. The lowest BCUT2D eigenvalue weighted by molar-refractivity contribution is -0.108. The van der Waals surface area contributed by atoms with Crippen molar-refractivity contribution < 1.29 is 19.1 Å². The molecular formula is C29H45N5O4. The maximum Gasteiger partial charge on any atom is 0.276 e. The number of methoxy groups -OCH3 is 2. The van der Waals surface area contributed by atoms with E-state index in [1.165, 1.54) is 0 Å². The number of hydrogen-bond donors (Lipinski definition) is 1. The van der Waals surface area contributed by atoms with Gasteiger partial charge in [0.2, 0.25) is 5.88 Å². The van der Waals surface area contributed by atoms with E-state index in [1.54, 1.807) is 23.8 Å². The second-order valence-electron chi connectivity index (χ2n) is 8.61. The number of allylic oxidation sites excluding steroid dienone is 2. The summed E-state index contributed by atoms with van der Waals surface area (Å²) in [6.45, 7) is 10.3. The number of carbonyl (C=O) groups is 2. The third-order valence-corrected chi connectivity index (χ3v) is 5.91. The van der Waals surface area contributed by atoms with Crippen LogP contribution in [0.2, 0.25) is 0 Å². The molecule has 9 heteroatoms. The van der Waals surface area contributed by atoms with Gasteiger partial charge in [0, 0.05) is 24.4 Å². The van der Waals surface area contributed by atoms with Gasteiger partial charge in [0.15, 0.2) is 0 Å². The first-order valence-electron chi connectivity index (χ1n) is 13.0. The van der Waals surface area contributed by atoms with Gasteiger partial charge in [-0.2, -0.15) is 0 Å². The quantitative estimate of drug-likeness (QED) is 0.367. The Labute approximate surface area is 228 Å². The normalized spacial score (nSPS) is 13.5. The number of nitrogens with one attached hydrogen (secondary N) is 1. The minimum absolute atomic E-state index is 0.0624. The molecule has 0 aliphatic carbocycles. The van der Waals surface area contributed by atoms with E-state index in [-0.39, 0.29) is 5.91 Å². The van der Waals surface area contributed by atoms with Gasteiger partial charge < -0.3 is 24.5 Å². The van der Waals surface area contributed by atoms with E-state index < -0.39 is 0 Å². The van der Waals surface area contributed by atoms with Crippen LogP contribution < -0.4 is 14.8 Å². The van der Waals surface area contributed by atoms with Crippen LogP contribution in [0, 0.1) is 0 Å². The number of hydrogen-bond acceptors (Lipinski definition) is 7. The van der Waals surface area contributed by atoms with Crippen molar-refractivity contribution in [1.29, 1.82) is 0 Å². The molecule has 1 aromatic heterocycles. The van der Waals surface area contributed by atoms with Crippen LogP contribution in [0.25, 0.3) is 5.69 Å². The summed E-state index contributed by atoms with van der Waals surface area (Å²) in [5.74, 6) is 1.20. The molecule has 1 unspecified atom stereocenters. The maximum atomic E-state index is 12.9. The largest absolute Gasteiger partial charge is 0.497 e. The van der Waals surface area contributed by atoms with E-state index in [2.05, 4.69) is 23.4 Å². The lowest BCUT2D eigenvalue weighted by Gasteiger charge is -2.24. The fourth-order valence-corrected chi connectivity index (χ4v) is 3.44. The van der Waals surface area contributed by atoms with E-state index in [9.17, 15) is 9.59 Å². The summed E-state index contributed by atoms with van der Waals surface area (Å²) >= 11 is 0. The molecule has 1 aliphatic rings. The number of rotatable bonds is 10. The molecule has 0 saturated carbocycles. The lowest BCUT2D eigenvalue weighted by atomic mass is 10.1. The average molecular weight is 528 g/mol. The molecule has 1 N–H and O–H groups in total. The summed E-state index contributed by atoms with van der Waals surface area (Å²) in [7, 11) is 7.06. The highest BCUT2D eigenvalue weighted by Gasteiger charge is 2.32. The van der Waals surface area contributed by atoms with Gasteiger partial charge in [-0.15, -0.1) is 5.10 Å². The zero-order valence-electron chi connectivity index (χ0n) is 24.2. The van der Waals surface area contributed by atoms with Crippen molar-refractivity contribution >= 4 is 12.2 Å². The third kappa shape index (κ3) is 9.79. The van der Waals surface area contributed by atoms with Crippen LogP contribution in [-0.2, 0) is 11.2 Å². The molecule has 0 saturated heterocycles. The Balaban J connectivity index is 0.000000426. The van der Waals surface area contributed by atoms with E-state index in [0.29, 0.717) is 37.1 Å². The van der Waals surface area contributed by atoms with E-state index in [1.807, 2.05) is 82.4 Å². The van der Waals surface area contributed by atoms with Gasteiger partial charge in [-0.1, -0.05) is 32.1 Å². The van der Waals surface area contributed by atoms with Gasteiger partial charge in [0.25, 0.3) is 5.91 Å². The van der Waals surface area contributed by atoms with E-state index in [0.717, 1.165) is 36.3 Å². The molecule has 0 fully saturated rings. The van der Waals surface area contributed by atoms with Crippen molar-refractivity contribution in [1.82, 2.24) is 24.9 Å². The molecule has 2 aromatic rings. The molecule has 2 heterocycles. The van der Waals surface area contributed by atoms with Crippen molar-refractivity contribution in [2.24, 2.45) is 0 Å². The van der Waals surface area contributed by atoms with Crippen LogP contribution in [0.3, 0.4) is 0 Å². The number of amides is 1. The molecule has 0 radical (unpaired) electrons. The predicted octanol–water partition coefficient (Wildman–Crippen LogP) is 4.12. The highest BCUT2D eigenvalue weighted by Crippen LogP contribution is 2.30. The Kier molecular flexibility index (Phi) is 15.4. The minimum Gasteiger partial charge on any atom is -0.497 e. The number of nitrogens with zero attached hydrogens (tertiary/aromatic N) is 4. The Morgan fingerprint density at radius 2 is 1.87 bits per heavy atom. The summed E-state index contributed by atoms with van der Waals surface area (Å²) in [5, 5.41) is 7.56. The molecule has 3 rings (SSSR count). The predicted molar refractivity (Wildman–Crippen MR) is 153 cm³/mol. The average Bonchev–Trinajstić information content (AvgIpc) is 3.33. The van der Waals surface area contributed by atoms with Crippen LogP contribution in [0.5, 0.6) is 11.6 Å². The fourth-order valence-electron chi connectivity index (χ4n) is 3.44. The van der Waals surface area contributed by atoms with E-state index in [4.69, 9.17) is 9.47 Å². The van der Waals surface area contributed by atoms with Gasteiger partial charge in [0.05, 0.1) is 26.5 Å². The summed E-state index contributed by atoms with van der Waals surface area (Å²) < 4.78 is 12.2. The molecule has 38 heavy (non-hydrogen) atoms. The highest BCUT2D eigenvalue weighted by atomic mass is 16.5. The first-order valence-corrected chi connectivity index (χ1v) is 13.0. The molecule has 1 amide bonds. The molecule has 210 valence electrons. The second kappa shape index (κ2) is 17.9. The molecule has 1 aliphatic heterocycles. The van der Waals surface area contributed by atoms with Crippen LogP contribution in [0.4, 0.5) is 0 Å². The second-order valence-corrected chi connectivity index (χ2v) is 8.61. The van der Waals surface area contributed by atoms with Gasteiger partial charge >= 0.3 is 0 Å². The number of carbonyl (C=O) groups excluding carboxylic acids is 2. The molecule has 1 aromatic carbocycles. The van der Waals surface area contributed by atoms with Gasteiger partial charge in [-0.05, 0) is 71.6 Å². The number of fused-ring (bicyclic) bond motifs is 1. The number of likely N-dealkylation sites (N-methyl/N-ethyl adjacent to an activating group) is 2. The molecule has 0 spiro atoms. The SMILES string of the molecule is C/C=C\C(C)NC.CC/C=C/N1CCc2c(OC)nn(-c3ccc(OC)cc3)c2C1=O.CCN(C)CC=O. The number of ether oxygens (including phenoxy) is 2. The van der Waals surface area contributed by atoms with Crippen molar-refractivity contribution in [3.8, 4) is 17.3 Å². The lowest BCUT2D eigenvalue weighted by Crippen LogP contribution is -2.34. The molecule has 1 atom stereocenters. The summed E-state index contributed by atoms with van der Waals surface area (Å²) in [5.41, 5.74) is 2.22. The fraction of sp³-hybridized carbons (Fsp3) is 0.483. The Morgan fingerprint density at radius 1 is 1.18 bits per heavy atom. The van der Waals surface area contributed by atoms with Crippen LogP contribution in [0.1, 0.15) is 50.2 Å². The zero-order valence-corrected chi connectivity index (χ0v) is 24.2. The standard InChI is InChI=1S/C18H21N3O3.C6H13N.C5H11NO/c1-4-5-11-20-12-10-15-16(18(20)22)21(19-17(15)24-3)13-6-8-14(23-2)9-7-13;1-4-5-6(2)7-3;1-3-6(2)4-5-7/h5-9,11H,4,10,12H2,1-3H3;4-7H,1-3H3;5H,3-4H2,1-2H3/b11-5+;5-4-;. The number of aldehydes is 1. The van der Waals surface area contributed by atoms with Gasteiger partial charge in [-0.3, -0.25) is 9.69 Å². The Bertz CT molecular complexity index is 1030. The maximum absolute atomic E-state index is 12.9. The minimum atomic E-state index is -0.0624. The Morgan fingerprint density at radius 3 is 2.32 bits per heavy atom. The zero-order chi connectivity index (χ0) is 28.5. The third-order valence-electron chi connectivity index (χ3n) is 5.91. The number of aromatic nitrogens is 2. The van der Waals surface area contributed by atoms with Crippen LogP contribution in [0.15, 0.2) is 48.7 Å². The topological polar surface area (TPSA) is 88.9 Å². The first-order chi connectivity index (χ1) is 18.3. The van der Waals surface area contributed by atoms with Crippen molar-refractivity contribution in [2.75, 3.05) is 47.9 Å². The molecule has 9 nitrogen and oxygen atoms in total. The number of benzene rings is 1. The van der Waals surface area contributed by atoms with E-state index >= 15 is 0 Å². The summed E-state index contributed by atoms with van der Waals surface area (Å²) in [6.07, 6.45) is 10.5. The van der Waals surface area contributed by atoms with Crippen LogP contribution >= 0.6 is 0 Å². The van der Waals surface area contributed by atoms with Crippen molar-refractivity contribution in [3.63, 3.8) is 0 Å². The Hall–Kier alpha value is -3.43. The summed E-state index contributed by atoms with van der Waals surface area (Å²) in [6, 6.07) is 7.96. The van der Waals surface area contributed by atoms with Crippen molar-refractivity contribution in [2.45, 2.75) is 46.6 Å².